The van der Waals surface area contributed by atoms with Crippen LogP contribution in [-0.2, 0) is 0 Å². The van der Waals surface area contributed by atoms with Gasteiger partial charge in [-0.15, -0.1) is 0 Å². The van der Waals surface area contributed by atoms with Crippen molar-refractivity contribution in [2.24, 2.45) is 0 Å². The first-order chi connectivity index (χ1) is 3.95. The van der Waals surface area contributed by atoms with Crippen LogP contribution in [0.2, 0.25) is 0 Å². The number of hydrogen-bond donors (Lipinski definition) is 0. The topological polar surface area (TPSA) is 0 Å². The quantitative estimate of drug-likeness (QED) is 0.521. The van der Waals surface area contributed by atoms with Crippen LogP contribution in [-0.4, -0.2) is 52.2 Å². The summed E-state index contributed by atoms with van der Waals surface area (Å²) in [5, 5.41) is 0. The van der Waals surface area contributed by atoms with E-state index in [0.29, 0.717) is 34.1 Å². The zero-order valence-electron chi connectivity index (χ0n) is 4.20. The maximum atomic E-state index is 2.22. The molecule has 2 heterocycles. The first-order valence-electron chi connectivity index (χ1n) is 2.50. The SMILES string of the molecule is C1SC1[Te][Te]C1CS1. The summed E-state index contributed by atoms with van der Waals surface area (Å²) >= 11 is 5.67. The van der Waals surface area contributed by atoms with Crippen molar-refractivity contribution < 1.29 is 0 Å². The first kappa shape index (κ1) is 6.96. The summed E-state index contributed by atoms with van der Waals surface area (Å²) in [6.07, 6.45) is 0. The molecular weight excluding hydrogens is 367 g/mol. The van der Waals surface area contributed by atoms with Gasteiger partial charge in [-0.25, -0.2) is 0 Å². The molecule has 8 heavy (non-hydrogen) atoms. The fourth-order valence-electron chi connectivity index (χ4n) is 0.314. The molecule has 0 aliphatic carbocycles. The average Bonchev–Trinajstić information content (AvgIpc) is 2.60. The Labute approximate surface area is 74.6 Å². The Balaban J connectivity index is 1.56. The Bertz CT molecular complexity index is 78.0. The van der Waals surface area contributed by atoms with E-state index in [2.05, 4.69) is 23.5 Å². The molecule has 2 fully saturated rings. The average molecular weight is 373 g/mol. The van der Waals surface area contributed by atoms with Crippen LogP contribution < -0.4 is 0 Å². The molecular formula is C4H6S2Te2. The van der Waals surface area contributed by atoms with Gasteiger partial charge < -0.3 is 0 Å². The van der Waals surface area contributed by atoms with Gasteiger partial charge in [-0.2, -0.15) is 0 Å². The Hall–Kier alpha value is 2.28. The third kappa shape index (κ3) is 2.49. The van der Waals surface area contributed by atoms with Crippen LogP contribution >= 0.6 is 23.5 Å². The van der Waals surface area contributed by atoms with Gasteiger partial charge in [0, 0.05) is 0 Å². The van der Waals surface area contributed by atoms with Gasteiger partial charge in [0.15, 0.2) is 0 Å². The summed E-state index contributed by atoms with van der Waals surface area (Å²) in [6.45, 7) is 0. The van der Waals surface area contributed by atoms with E-state index >= 15 is 0 Å². The Morgan fingerprint density at radius 2 is 1.38 bits per heavy atom. The Morgan fingerprint density at radius 1 is 1.00 bits per heavy atom. The summed E-state index contributed by atoms with van der Waals surface area (Å²) in [5.41, 5.74) is 0. The van der Waals surface area contributed by atoms with Crippen molar-refractivity contribution in [1.29, 1.82) is 0 Å². The van der Waals surface area contributed by atoms with Crippen molar-refractivity contribution in [2.75, 3.05) is 11.5 Å². The van der Waals surface area contributed by atoms with E-state index in [9.17, 15) is 0 Å². The zero-order chi connectivity index (χ0) is 5.40. The van der Waals surface area contributed by atoms with Crippen molar-refractivity contribution in [3.05, 3.63) is 0 Å². The van der Waals surface area contributed by atoms with Gasteiger partial charge >= 0.3 is 75.7 Å². The van der Waals surface area contributed by atoms with Crippen LogP contribution in [0.5, 0.6) is 0 Å². The Kier molecular flexibility index (Phi) is 2.71. The summed E-state index contributed by atoms with van der Waals surface area (Å²) in [7, 11) is 0. The Morgan fingerprint density at radius 3 is 1.62 bits per heavy atom. The van der Waals surface area contributed by atoms with Gasteiger partial charge in [-0.3, -0.25) is 0 Å². The van der Waals surface area contributed by atoms with E-state index < -0.39 is 0 Å². The molecule has 0 aromatic carbocycles. The van der Waals surface area contributed by atoms with Gasteiger partial charge in [-0.05, 0) is 0 Å². The van der Waals surface area contributed by atoms with Gasteiger partial charge in [0.05, 0.1) is 0 Å². The van der Waals surface area contributed by atoms with Crippen molar-refractivity contribution in [3.8, 4) is 0 Å². The third-order valence-corrected chi connectivity index (χ3v) is 25.7. The molecule has 0 saturated carbocycles. The van der Waals surface area contributed by atoms with Gasteiger partial charge in [0.2, 0.25) is 0 Å². The second-order valence-corrected chi connectivity index (χ2v) is 17.8. The van der Waals surface area contributed by atoms with Crippen LogP contribution in [0.1, 0.15) is 0 Å². The van der Waals surface area contributed by atoms with E-state index in [1.807, 2.05) is 0 Å². The van der Waals surface area contributed by atoms with Crippen molar-refractivity contribution in [2.45, 2.75) is 6.60 Å². The molecule has 0 aromatic rings. The number of hydrogen-bond acceptors (Lipinski definition) is 2. The fraction of sp³-hybridized carbons (Fsp3) is 1.00. The minimum atomic E-state index is 0.614. The number of thioether (sulfide) groups is 2. The monoisotopic (exact) mass is 378 g/mol. The fourth-order valence-corrected chi connectivity index (χ4v) is 26.2. The van der Waals surface area contributed by atoms with Crippen LogP contribution in [0.3, 0.4) is 0 Å². The minimum absolute atomic E-state index is 0.614. The van der Waals surface area contributed by atoms with Gasteiger partial charge in [0.1, 0.15) is 0 Å². The number of rotatable bonds is 3. The van der Waals surface area contributed by atoms with E-state index in [1.165, 1.54) is 6.60 Å². The third-order valence-electron chi connectivity index (χ3n) is 0.876. The molecule has 46 valence electrons. The molecule has 2 atom stereocenters. The van der Waals surface area contributed by atoms with E-state index in [0.717, 1.165) is 0 Å². The molecule has 4 heteroatoms. The van der Waals surface area contributed by atoms with Gasteiger partial charge in [-0.1, -0.05) is 0 Å². The summed E-state index contributed by atoms with van der Waals surface area (Å²) in [4.78, 5) is 0. The normalized spacial score (nSPS) is 42.0. The predicted octanol–water partition coefficient (Wildman–Crippen LogP) is 0.456. The van der Waals surface area contributed by atoms with Crippen LogP contribution in [0.25, 0.3) is 0 Å². The molecule has 0 nitrogen and oxygen atoms in total. The first-order valence-corrected chi connectivity index (χ1v) is 14.6. The molecule has 2 saturated heterocycles. The van der Waals surface area contributed by atoms with Crippen LogP contribution in [0.15, 0.2) is 0 Å². The van der Waals surface area contributed by atoms with Crippen LogP contribution in [0.4, 0.5) is 0 Å². The predicted molar refractivity (Wildman–Crippen MR) is 44.0 cm³/mol. The van der Waals surface area contributed by atoms with Gasteiger partial charge in [0.25, 0.3) is 0 Å². The molecule has 2 aliphatic rings. The van der Waals surface area contributed by atoms with E-state index in [1.54, 1.807) is 11.5 Å². The van der Waals surface area contributed by atoms with E-state index in [-0.39, 0.29) is 0 Å². The second kappa shape index (κ2) is 3.12. The molecule has 0 N–H and O–H groups in total. The molecule has 0 amide bonds. The molecule has 0 spiro atoms. The molecule has 0 bridgehead atoms. The standard InChI is InChI=1S/C4H6S2Te2/c1-3(5-1)7-8-4-2-6-4/h3-4H,1-2H2. The summed E-state index contributed by atoms with van der Waals surface area (Å²) < 4.78 is 2.54. The summed E-state index contributed by atoms with van der Waals surface area (Å²) in [5.74, 6) is 3.09. The molecule has 2 aliphatic heterocycles. The van der Waals surface area contributed by atoms with Crippen molar-refractivity contribution in [1.82, 2.24) is 0 Å². The molecule has 0 aromatic heterocycles. The van der Waals surface area contributed by atoms with Crippen LogP contribution in [0, 0.1) is 0 Å². The molecule has 2 rings (SSSR count). The van der Waals surface area contributed by atoms with E-state index in [4.69, 9.17) is 0 Å². The zero-order valence-corrected chi connectivity index (χ0v) is 10.5. The maximum absolute atomic E-state index is 2.22. The second-order valence-electron chi connectivity index (χ2n) is 1.72. The summed E-state index contributed by atoms with van der Waals surface area (Å²) in [6, 6.07) is 0. The molecule has 0 radical (unpaired) electrons. The van der Waals surface area contributed by atoms with Crippen molar-refractivity contribution >= 4 is 57.6 Å². The van der Waals surface area contributed by atoms with Crippen molar-refractivity contribution in [3.63, 3.8) is 0 Å². The molecule has 2 unspecified atom stereocenters.